The highest BCUT2D eigenvalue weighted by atomic mass is 127. The van der Waals surface area contributed by atoms with Crippen LogP contribution in [0, 0.1) is 13.7 Å². The van der Waals surface area contributed by atoms with Gasteiger partial charge in [0.1, 0.15) is 24.4 Å². The molecular formula is C23H17IN4O3. The lowest BCUT2D eigenvalue weighted by atomic mass is 10.1. The largest absolute Gasteiger partial charge is 0.488 e. The van der Waals surface area contributed by atoms with Gasteiger partial charge in [-0.2, -0.15) is 5.10 Å². The van der Waals surface area contributed by atoms with E-state index < -0.39 is 4.92 Å². The number of hydrogen-bond acceptors (Lipinski definition) is 6. The predicted octanol–water partition coefficient (Wildman–Crippen LogP) is 5.77. The molecule has 0 bridgehead atoms. The third-order valence-electron chi connectivity index (χ3n) is 4.57. The Morgan fingerprint density at radius 2 is 1.94 bits per heavy atom. The third-order valence-corrected chi connectivity index (χ3v) is 5.41. The topological polar surface area (TPSA) is 89.7 Å². The SMILES string of the molecule is O=[N+]([O-])c1ccc(N/N=C/c2ccc(OCc3cccc4ccccc34)c(I)c2)nc1. The van der Waals surface area contributed by atoms with Crippen molar-refractivity contribution in [2.45, 2.75) is 6.61 Å². The van der Waals surface area contributed by atoms with Crippen LogP contribution in [-0.2, 0) is 6.61 Å². The standard InChI is InChI=1S/C23H17IN4O3/c24-21-12-16(13-26-27-23-11-9-19(14-25-23)28(29)30)8-10-22(21)31-15-18-6-3-5-17-4-1-2-7-20(17)18/h1-14H,15H2,(H,25,27)/b26-13+. The number of halogens is 1. The second-order valence-electron chi connectivity index (χ2n) is 6.65. The average Bonchev–Trinajstić information content (AvgIpc) is 2.79. The smallest absolute Gasteiger partial charge is 0.287 e. The Balaban J connectivity index is 1.39. The molecule has 0 amide bonds. The quantitative estimate of drug-likeness (QED) is 0.144. The highest BCUT2D eigenvalue weighted by molar-refractivity contribution is 14.1. The molecule has 0 radical (unpaired) electrons. The Bertz CT molecular complexity index is 1250. The lowest BCUT2D eigenvalue weighted by molar-refractivity contribution is -0.385. The van der Waals surface area contributed by atoms with Gasteiger partial charge in [-0.1, -0.05) is 42.5 Å². The Labute approximate surface area is 192 Å². The number of pyridine rings is 1. The summed E-state index contributed by atoms with van der Waals surface area (Å²) >= 11 is 2.24. The highest BCUT2D eigenvalue weighted by Crippen LogP contribution is 2.25. The summed E-state index contributed by atoms with van der Waals surface area (Å²) in [6, 6.07) is 23.1. The monoisotopic (exact) mass is 524 g/mol. The van der Waals surface area contributed by atoms with E-state index in [9.17, 15) is 10.1 Å². The molecule has 0 aliphatic carbocycles. The number of nitro groups is 1. The van der Waals surface area contributed by atoms with Crippen molar-refractivity contribution in [2.75, 3.05) is 5.43 Å². The van der Waals surface area contributed by atoms with E-state index in [-0.39, 0.29) is 5.69 Å². The third kappa shape index (κ3) is 5.15. The number of ether oxygens (including phenoxy) is 1. The molecule has 0 saturated heterocycles. The fraction of sp³-hybridized carbons (Fsp3) is 0.0435. The van der Waals surface area contributed by atoms with E-state index in [0.717, 1.165) is 20.4 Å². The lowest BCUT2D eigenvalue weighted by Gasteiger charge is -2.11. The summed E-state index contributed by atoms with van der Waals surface area (Å²) < 4.78 is 7.03. The first-order valence-electron chi connectivity index (χ1n) is 9.39. The van der Waals surface area contributed by atoms with Crippen LogP contribution in [-0.4, -0.2) is 16.1 Å². The molecular weight excluding hydrogens is 507 g/mol. The van der Waals surface area contributed by atoms with Crippen LogP contribution in [0.25, 0.3) is 10.8 Å². The number of benzene rings is 3. The molecule has 4 aromatic rings. The Morgan fingerprint density at radius 1 is 1.10 bits per heavy atom. The first-order chi connectivity index (χ1) is 15.1. The molecule has 7 nitrogen and oxygen atoms in total. The molecule has 3 aromatic carbocycles. The summed E-state index contributed by atoms with van der Waals surface area (Å²) in [4.78, 5) is 14.1. The van der Waals surface area contributed by atoms with E-state index in [0.29, 0.717) is 12.4 Å². The summed E-state index contributed by atoms with van der Waals surface area (Å²) in [5.74, 6) is 1.22. The van der Waals surface area contributed by atoms with Crippen molar-refractivity contribution in [1.29, 1.82) is 0 Å². The highest BCUT2D eigenvalue weighted by Gasteiger charge is 2.06. The van der Waals surface area contributed by atoms with Crippen molar-refractivity contribution in [3.63, 3.8) is 0 Å². The number of fused-ring (bicyclic) bond motifs is 1. The number of nitrogens with zero attached hydrogens (tertiary/aromatic N) is 3. The van der Waals surface area contributed by atoms with Gasteiger partial charge in [-0.3, -0.25) is 15.5 Å². The summed E-state index contributed by atoms with van der Waals surface area (Å²) in [6.45, 7) is 0.484. The van der Waals surface area contributed by atoms with Gasteiger partial charge in [-0.15, -0.1) is 0 Å². The van der Waals surface area contributed by atoms with Gasteiger partial charge < -0.3 is 4.74 Å². The van der Waals surface area contributed by atoms with Crippen LogP contribution in [0.3, 0.4) is 0 Å². The van der Waals surface area contributed by atoms with Gasteiger partial charge in [0, 0.05) is 6.07 Å². The first-order valence-corrected chi connectivity index (χ1v) is 10.5. The minimum Gasteiger partial charge on any atom is -0.488 e. The first kappa shape index (κ1) is 20.7. The van der Waals surface area contributed by atoms with E-state index >= 15 is 0 Å². The minimum atomic E-state index is -0.494. The van der Waals surface area contributed by atoms with E-state index in [1.54, 1.807) is 6.21 Å². The van der Waals surface area contributed by atoms with Gasteiger partial charge in [-0.25, -0.2) is 4.98 Å². The van der Waals surface area contributed by atoms with Crippen LogP contribution in [0.4, 0.5) is 11.5 Å². The van der Waals surface area contributed by atoms with Gasteiger partial charge in [0.05, 0.1) is 14.7 Å². The van der Waals surface area contributed by atoms with Gasteiger partial charge in [0.15, 0.2) is 0 Å². The number of nitrogens with one attached hydrogen (secondary N) is 1. The zero-order chi connectivity index (χ0) is 21.6. The second kappa shape index (κ2) is 9.52. The molecule has 8 heteroatoms. The molecule has 1 aromatic heterocycles. The summed E-state index contributed by atoms with van der Waals surface area (Å²) in [7, 11) is 0. The van der Waals surface area contributed by atoms with Crippen LogP contribution < -0.4 is 10.2 Å². The molecule has 0 aliphatic heterocycles. The number of rotatable bonds is 7. The fourth-order valence-corrected chi connectivity index (χ4v) is 3.72. The zero-order valence-corrected chi connectivity index (χ0v) is 18.4. The predicted molar refractivity (Wildman–Crippen MR) is 130 cm³/mol. The number of hydrazone groups is 1. The summed E-state index contributed by atoms with van der Waals surface area (Å²) in [6.07, 6.45) is 2.84. The van der Waals surface area contributed by atoms with E-state index in [1.165, 1.54) is 29.1 Å². The molecule has 0 atom stereocenters. The van der Waals surface area contributed by atoms with Gasteiger partial charge in [0.2, 0.25) is 0 Å². The summed E-state index contributed by atoms with van der Waals surface area (Å²) in [5.41, 5.74) is 4.72. The zero-order valence-electron chi connectivity index (χ0n) is 16.2. The number of hydrogen-bond donors (Lipinski definition) is 1. The van der Waals surface area contributed by atoms with Crippen molar-refractivity contribution in [2.24, 2.45) is 5.10 Å². The molecule has 4 rings (SSSR count). The maximum atomic E-state index is 10.7. The molecule has 0 saturated carbocycles. The van der Waals surface area contributed by atoms with Crippen LogP contribution >= 0.6 is 22.6 Å². The molecule has 0 fully saturated rings. The molecule has 1 heterocycles. The van der Waals surface area contributed by atoms with Crippen LogP contribution in [0.15, 0.2) is 84.1 Å². The van der Waals surface area contributed by atoms with Crippen molar-refractivity contribution < 1.29 is 9.66 Å². The van der Waals surface area contributed by atoms with Crippen molar-refractivity contribution >= 4 is 51.1 Å². The fourth-order valence-electron chi connectivity index (χ4n) is 3.02. The van der Waals surface area contributed by atoms with E-state index in [1.807, 2.05) is 36.4 Å². The minimum absolute atomic E-state index is 0.0665. The maximum Gasteiger partial charge on any atom is 0.287 e. The number of anilines is 1. The molecule has 0 aliphatic rings. The van der Waals surface area contributed by atoms with Crippen molar-refractivity contribution in [3.05, 3.63) is 104 Å². The lowest BCUT2D eigenvalue weighted by Crippen LogP contribution is -1.99. The molecule has 31 heavy (non-hydrogen) atoms. The van der Waals surface area contributed by atoms with Crippen molar-refractivity contribution in [1.82, 2.24) is 4.98 Å². The van der Waals surface area contributed by atoms with Crippen molar-refractivity contribution in [3.8, 4) is 5.75 Å². The van der Waals surface area contributed by atoms with Gasteiger partial charge in [-0.05, 0) is 68.8 Å². The number of aromatic nitrogens is 1. The van der Waals surface area contributed by atoms with Gasteiger partial charge >= 0.3 is 0 Å². The second-order valence-corrected chi connectivity index (χ2v) is 7.81. The Kier molecular flexibility index (Phi) is 6.37. The van der Waals surface area contributed by atoms with Crippen LogP contribution in [0.5, 0.6) is 5.75 Å². The van der Waals surface area contributed by atoms with Crippen LogP contribution in [0.1, 0.15) is 11.1 Å². The average molecular weight is 524 g/mol. The molecule has 1 N–H and O–H groups in total. The van der Waals surface area contributed by atoms with Gasteiger partial charge in [0.25, 0.3) is 5.69 Å². The molecule has 0 spiro atoms. The Hall–Kier alpha value is -3.53. The summed E-state index contributed by atoms with van der Waals surface area (Å²) in [5, 5.41) is 17.2. The maximum absolute atomic E-state index is 10.7. The van der Waals surface area contributed by atoms with E-state index in [2.05, 4.69) is 62.4 Å². The molecule has 154 valence electrons. The molecule has 0 unspecified atom stereocenters. The Morgan fingerprint density at radius 3 is 2.71 bits per heavy atom. The normalized spacial score (nSPS) is 11.0. The van der Waals surface area contributed by atoms with E-state index in [4.69, 9.17) is 4.74 Å². The van der Waals surface area contributed by atoms with Crippen LogP contribution in [0.2, 0.25) is 0 Å².